The van der Waals surface area contributed by atoms with E-state index in [9.17, 15) is 9.50 Å². The maximum Gasteiger partial charge on any atom is 0.126 e. The first kappa shape index (κ1) is 12.3. The summed E-state index contributed by atoms with van der Waals surface area (Å²) in [4.78, 5) is 0.882. The quantitative estimate of drug-likeness (QED) is 0.731. The van der Waals surface area contributed by atoms with Gasteiger partial charge < -0.3 is 5.11 Å². The van der Waals surface area contributed by atoms with Crippen LogP contribution in [-0.2, 0) is 0 Å². The monoisotopic (exact) mass is 272 g/mol. The molecule has 1 N–H and O–H groups in total. The number of rotatable bonds is 2. The van der Waals surface area contributed by atoms with Crippen molar-refractivity contribution in [2.24, 2.45) is 0 Å². The second-order valence-electron chi connectivity index (χ2n) is 4.60. The van der Waals surface area contributed by atoms with Gasteiger partial charge >= 0.3 is 0 Å². The highest BCUT2D eigenvalue weighted by atomic mass is 32.1. The van der Waals surface area contributed by atoms with Gasteiger partial charge in [-0.25, -0.2) is 4.39 Å². The third-order valence-electron chi connectivity index (χ3n) is 3.21. The Morgan fingerprint density at radius 3 is 2.63 bits per heavy atom. The molecule has 1 atom stereocenters. The molecule has 0 amide bonds. The van der Waals surface area contributed by atoms with Crippen molar-refractivity contribution in [3.05, 3.63) is 70.4 Å². The van der Waals surface area contributed by atoms with Crippen LogP contribution in [0.15, 0.2) is 48.5 Å². The van der Waals surface area contributed by atoms with Crippen molar-refractivity contribution in [2.75, 3.05) is 0 Å². The van der Waals surface area contributed by atoms with Crippen molar-refractivity contribution in [2.45, 2.75) is 13.0 Å². The minimum absolute atomic E-state index is 0.243. The van der Waals surface area contributed by atoms with Crippen LogP contribution in [0.1, 0.15) is 22.1 Å². The van der Waals surface area contributed by atoms with Crippen LogP contribution in [0.4, 0.5) is 4.39 Å². The van der Waals surface area contributed by atoms with E-state index < -0.39 is 6.10 Å². The molecule has 0 fully saturated rings. The molecule has 1 nitrogen and oxygen atoms in total. The molecule has 19 heavy (non-hydrogen) atoms. The molecule has 2 aromatic carbocycles. The molecule has 0 bridgehead atoms. The Morgan fingerprint density at radius 2 is 1.89 bits per heavy atom. The predicted molar refractivity (Wildman–Crippen MR) is 77.0 cm³/mol. The Hall–Kier alpha value is -1.71. The number of hydrogen-bond donors (Lipinski definition) is 1. The van der Waals surface area contributed by atoms with Gasteiger partial charge in [-0.3, -0.25) is 0 Å². The molecule has 1 heterocycles. The second-order valence-corrected chi connectivity index (χ2v) is 5.71. The zero-order valence-corrected chi connectivity index (χ0v) is 11.2. The Bertz CT molecular complexity index is 699. The van der Waals surface area contributed by atoms with Crippen molar-refractivity contribution in [1.82, 2.24) is 0 Å². The van der Waals surface area contributed by atoms with Crippen LogP contribution in [0.3, 0.4) is 0 Å². The molecule has 0 aliphatic carbocycles. The van der Waals surface area contributed by atoms with E-state index in [0.29, 0.717) is 5.56 Å². The normalized spacial score (nSPS) is 12.8. The highest BCUT2D eigenvalue weighted by molar-refractivity contribution is 7.19. The van der Waals surface area contributed by atoms with Gasteiger partial charge in [0.05, 0.1) is 0 Å². The van der Waals surface area contributed by atoms with E-state index in [1.807, 2.05) is 30.3 Å². The molecule has 0 aliphatic rings. The fourth-order valence-corrected chi connectivity index (χ4v) is 3.22. The average Bonchev–Trinajstić information content (AvgIpc) is 2.85. The van der Waals surface area contributed by atoms with Gasteiger partial charge in [0, 0.05) is 9.58 Å². The zero-order chi connectivity index (χ0) is 13.4. The summed E-state index contributed by atoms with van der Waals surface area (Å²) in [6.45, 7) is 1.70. The molecule has 96 valence electrons. The summed E-state index contributed by atoms with van der Waals surface area (Å²) in [6.07, 6.45) is -0.698. The van der Waals surface area contributed by atoms with Crippen LogP contribution in [-0.4, -0.2) is 5.11 Å². The van der Waals surface area contributed by atoms with Crippen molar-refractivity contribution >= 4 is 21.4 Å². The van der Waals surface area contributed by atoms with Gasteiger partial charge in [-0.05, 0) is 41.6 Å². The van der Waals surface area contributed by atoms with Crippen LogP contribution in [0, 0.1) is 12.7 Å². The molecular formula is C16H13FOS. The van der Waals surface area contributed by atoms with Gasteiger partial charge in [0.2, 0.25) is 0 Å². The smallest absolute Gasteiger partial charge is 0.126 e. The third-order valence-corrected chi connectivity index (χ3v) is 4.38. The highest BCUT2D eigenvalue weighted by Crippen LogP contribution is 2.33. The fourth-order valence-electron chi connectivity index (χ4n) is 2.14. The Labute approximate surface area is 115 Å². The minimum atomic E-state index is -0.698. The molecule has 0 radical (unpaired) electrons. The number of thiophene rings is 1. The van der Waals surface area contributed by atoms with E-state index in [-0.39, 0.29) is 5.82 Å². The maximum absolute atomic E-state index is 13.3. The average molecular weight is 272 g/mol. The lowest BCUT2D eigenvalue weighted by Crippen LogP contribution is -1.98. The molecule has 3 heteroatoms. The zero-order valence-electron chi connectivity index (χ0n) is 10.4. The van der Waals surface area contributed by atoms with E-state index in [0.717, 1.165) is 20.5 Å². The number of benzene rings is 2. The van der Waals surface area contributed by atoms with Gasteiger partial charge in [-0.2, -0.15) is 0 Å². The topological polar surface area (TPSA) is 20.2 Å². The minimum Gasteiger partial charge on any atom is -0.383 e. The summed E-state index contributed by atoms with van der Waals surface area (Å²) < 4.78 is 14.4. The molecule has 1 unspecified atom stereocenters. The summed E-state index contributed by atoms with van der Waals surface area (Å²) in [7, 11) is 0. The maximum atomic E-state index is 13.3. The molecule has 0 aliphatic heterocycles. The lowest BCUT2D eigenvalue weighted by Gasteiger charge is -2.09. The van der Waals surface area contributed by atoms with Gasteiger partial charge in [0.25, 0.3) is 0 Å². The second kappa shape index (κ2) is 4.76. The number of aliphatic hydroxyl groups excluding tert-OH is 1. The lowest BCUT2D eigenvalue weighted by molar-refractivity contribution is 0.224. The Morgan fingerprint density at radius 1 is 1.11 bits per heavy atom. The Kier molecular flexibility index (Phi) is 3.09. The van der Waals surface area contributed by atoms with Crippen LogP contribution < -0.4 is 0 Å². The van der Waals surface area contributed by atoms with Crippen molar-refractivity contribution < 1.29 is 9.50 Å². The van der Waals surface area contributed by atoms with E-state index >= 15 is 0 Å². The Balaban J connectivity index is 2.02. The van der Waals surface area contributed by atoms with Gasteiger partial charge in [0.15, 0.2) is 0 Å². The number of halogens is 1. The summed E-state index contributed by atoms with van der Waals surface area (Å²) in [6, 6.07) is 14.8. The van der Waals surface area contributed by atoms with Crippen LogP contribution in [0.2, 0.25) is 0 Å². The summed E-state index contributed by atoms with van der Waals surface area (Å²) in [5, 5.41) is 11.5. The first-order valence-corrected chi connectivity index (χ1v) is 6.89. The molecule has 3 aromatic rings. The molecule has 3 rings (SSSR count). The number of hydrogen-bond acceptors (Lipinski definition) is 2. The molecule has 0 saturated heterocycles. The lowest BCUT2D eigenvalue weighted by atomic mass is 10.0. The van der Waals surface area contributed by atoms with E-state index in [1.165, 1.54) is 6.07 Å². The van der Waals surface area contributed by atoms with E-state index in [2.05, 4.69) is 0 Å². The van der Waals surface area contributed by atoms with Crippen LogP contribution in [0.5, 0.6) is 0 Å². The van der Waals surface area contributed by atoms with Crippen molar-refractivity contribution in [3.8, 4) is 0 Å². The number of aliphatic hydroxyl groups is 1. The third kappa shape index (κ3) is 2.27. The largest absolute Gasteiger partial charge is 0.383 e. The SMILES string of the molecule is Cc1cc(C(O)c2cc3ccccc3s2)ccc1F. The van der Waals surface area contributed by atoms with Crippen molar-refractivity contribution in [1.29, 1.82) is 0 Å². The molecule has 0 spiro atoms. The van der Waals surface area contributed by atoms with Gasteiger partial charge in [-0.15, -0.1) is 11.3 Å². The van der Waals surface area contributed by atoms with Crippen molar-refractivity contribution in [3.63, 3.8) is 0 Å². The number of fused-ring (bicyclic) bond motifs is 1. The first-order chi connectivity index (χ1) is 9.15. The first-order valence-electron chi connectivity index (χ1n) is 6.08. The van der Waals surface area contributed by atoms with Gasteiger partial charge in [0.1, 0.15) is 11.9 Å². The van der Waals surface area contributed by atoms with Crippen LogP contribution >= 0.6 is 11.3 Å². The molecule has 1 aromatic heterocycles. The predicted octanol–water partition coefficient (Wildman–Crippen LogP) is 4.43. The van der Waals surface area contributed by atoms with Gasteiger partial charge in [-0.1, -0.05) is 30.3 Å². The van der Waals surface area contributed by atoms with E-state index in [1.54, 1.807) is 30.4 Å². The summed E-state index contributed by atoms with van der Waals surface area (Å²) in [5.41, 5.74) is 1.28. The molecular weight excluding hydrogens is 259 g/mol. The summed E-state index contributed by atoms with van der Waals surface area (Å²) in [5.74, 6) is -0.243. The number of aryl methyl sites for hydroxylation is 1. The fraction of sp³-hybridized carbons (Fsp3) is 0.125. The standard InChI is InChI=1S/C16H13FOS/c1-10-8-12(6-7-13(10)17)16(18)15-9-11-4-2-3-5-14(11)19-15/h2-9,16,18H,1H3. The highest BCUT2D eigenvalue weighted by Gasteiger charge is 2.14. The molecule has 0 saturated carbocycles. The van der Waals surface area contributed by atoms with Crippen LogP contribution in [0.25, 0.3) is 10.1 Å². The van der Waals surface area contributed by atoms with E-state index in [4.69, 9.17) is 0 Å². The summed E-state index contributed by atoms with van der Waals surface area (Å²) >= 11 is 1.57.